The first-order valence-electron chi connectivity index (χ1n) is 7.44. The summed E-state index contributed by atoms with van der Waals surface area (Å²) in [6.07, 6.45) is 3.16. The highest BCUT2D eigenvalue weighted by Gasteiger charge is 2.22. The average molecular weight is 333 g/mol. The van der Waals surface area contributed by atoms with Crippen LogP contribution in [0.1, 0.15) is 34.8 Å². The van der Waals surface area contributed by atoms with Crippen LogP contribution < -0.4 is 15.6 Å². The number of carbonyl (C=O) groups excluding carboxylic acids is 1. The molecule has 0 fully saturated rings. The van der Waals surface area contributed by atoms with Crippen molar-refractivity contribution >= 4 is 17.5 Å². The van der Waals surface area contributed by atoms with E-state index in [2.05, 4.69) is 5.32 Å². The van der Waals surface area contributed by atoms with Gasteiger partial charge in [0.05, 0.1) is 18.2 Å². The van der Waals surface area contributed by atoms with Crippen LogP contribution >= 0.6 is 11.6 Å². The molecule has 1 amide bonds. The molecule has 1 N–H and O–H groups in total. The van der Waals surface area contributed by atoms with Crippen LogP contribution in [0.4, 0.5) is 0 Å². The summed E-state index contributed by atoms with van der Waals surface area (Å²) in [7, 11) is 1.62. The highest BCUT2D eigenvalue weighted by atomic mass is 35.5. The van der Waals surface area contributed by atoms with Gasteiger partial charge in [0, 0.05) is 29.9 Å². The molecule has 23 heavy (non-hydrogen) atoms. The molecule has 0 aliphatic carbocycles. The van der Waals surface area contributed by atoms with Gasteiger partial charge >= 0.3 is 0 Å². The molecular weight excluding hydrogens is 316 g/mol. The molecule has 0 bridgehead atoms. The average Bonchev–Trinajstić information content (AvgIpc) is 2.72. The molecule has 1 atom stereocenters. The summed E-state index contributed by atoms with van der Waals surface area (Å²) in [6.45, 7) is 0.597. The van der Waals surface area contributed by atoms with Gasteiger partial charge < -0.3 is 14.6 Å². The van der Waals surface area contributed by atoms with Crippen LogP contribution in [0, 0.1) is 0 Å². The van der Waals surface area contributed by atoms with Crippen LogP contribution in [0.2, 0.25) is 5.02 Å². The van der Waals surface area contributed by atoms with Crippen LogP contribution in [0.3, 0.4) is 0 Å². The van der Waals surface area contributed by atoms with Gasteiger partial charge in [-0.3, -0.25) is 9.59 Å². The number of ether oxygens (including phenoxy) is 1. The molecule has 0 saturated heterocycles. The molecule has 1 aromatic heterocycles. The molecule has 120 valence electrons. The highest BCUT2D eigenvalue weighted by Crippen LogP contribution is 2.33. The van der Waals surface area contributed by atoms with Crippen molar-refractivity contribution in [2.75, 3.05) is 6.61 Å². The van der Waals surface area contributed by atoms with Gasteiger partial charge in [-0.25, -0.2) is 0 Å². The summed E-state index contributed by atoms with van der Waals surface area (Å²) in [5.41, 5.74) is 1.22. The van der Waals surface area contributed by atoms with Gasteiger partial charge in [-0.05, 0) is 31.0 Å². The predicted molar refractivity (Wildman–Crippen MR) is 88.1 cm³/mol. The molecule has 0 saturated carbocycles. The van der Waals surface area contributed by atoms with E-state index < -0.39 is 0 Å². The van der Waals surface area contributed by atoms with Gasteiger partial charge in [-0.2, -0.15) is 0 Å². The van der Waals surface area contributed by atoms with Crippen LogP contribution in [0.5, 0.6) is 5.75 Å². The second-order valence-corrected chi connectivity index (χ2v) is 6.00. The standard InChI is InChI=1S/C17H17ClN2O3/c1-20-10-11(4-7-16(20)21)17(22)19-14-3-2-8-23-15-9-12(18)5-6-13(14)15/h4-7,9-10,14H,2-3,8H2,1H3,(H,19,22). The maximum absolute atomic E-state index is 12.5. The predicted octanol–water partition coefficient (Wildman–Crippen LogP) is 2.68. The van der Waals surface area contributed by atoms with E-state index in [1.807, 2.05) is 6.07 Å². The van der Waals surface area contributed by atoms with E-state index in [4.69, 9.17) is 16.3 Å². The van der Waals surface area contributed by atoms with Crippen molar-refractivity contribution in [3.05, 3.63) is 63.0 Å². The Morgan fingerprint density at radius 3 is 2.96 bits per heavy atom. The molecule has 2 aromatic rings. The van der Waals surface area contributed by atoms with Crippen LogP contribution in [-0.2, 0) is 7.05 Å². The van der Waals surface area contributed by atoms with E-state index in [1.54, 1.807) is 19.2 Å². The molecule has 5 nitrogen and oxygen atoms in total. The number of pyridine rings is 1. The third-order valence-corrected chi connectivity index (χ3v) is 4.13. The molecule has 1 aliphatic heterocycles. The monoisotopic (exact) mass is 332 g/mol. The van der Waals surface area contributed by atoms with Crippen LogP contribution in [-0.4, -0.2) is 17.1 Å². The summed E-state index contributed by atoms with van der Waals surface area (Å²) >= 11 is 6.01. The number of aryl methyl sites for hydroxylation is 1. The first-order valence-corrected chi connectivity index (χ1v) is 7.82. The van der Waals surface area contributed by atoms with Crippen molar-refractivity contribution in [2.24, 2.45) is 7.05 Å². The quantitative estimate of drug-likeness (QED) is 0.919. The van der Waals surface area contributed by atoms with Crippen LogP contribution in [0.25, 0.3) is 0 Å². The molecule has 1 aromatic carbocycles. The zero-order valence-electron chi connectivity index (χ0n) is 12.7. The van der Waals surface area contributed by atoms with Crippen molar-refractivity contribution in [1.82, 2.24) is 9.88 Å². The lowest BCUT2D eigenvalue weighted by atomic mass is 10.0. The van der Waals surface area contributed by atoms with Crippen molar-refractivity contribution in [3.8, 4) is 5.75 Å². The number of halogens is 1. The minimum Gasteiger partial charge on any atom is -0.493 e. The molecule has 6 heteroatoms. The van der Waals surface area contributed by atoms with Gasteiger partial charge in [0.15, 0.2) is 0 Å². The number of hydrogen-bond donors (Lipinski definition) is 1. The number of rotatable bonds is 2. The molecule has 1 aliphatic rings. The third kappa shape index (κ3) is 3.40. The van der Waals surface area contributed by atoms with Gasteiger partial charge in [-0.15, -0.1) is 0 Å². The number of carbonyl (C=O) groups is 1. The van der Waals surface area contributed by atoms with E-state index in [0.29, 0.717) is 22.9 Å². The summed E-state index contributed by atoms with van der Waals surface area (Å²) in [6, 6.07) is 8.23. The van der Waals surface area contributed by atoms with E-state index in [9.17, 15) is 9.59 Å². The molecular formula is C17H17ClN2O3. The second-order valence-electron chi connectivity index (χ2n) is 5.57. The van der Waals surface area contributed by atoms with Gasteiger partial charge in [0.1, 0.15) is 5.75 Å². The van der Waals surface area contributed by atoms with Gasteiger partial charge in [0.25, 0.3) is 5.91 Å². The number of hydrogen-bond acceptors (Lipinski definition) is 3. The fourth-order valence-corrected chi connectivity index (χ4v) is 2.83. The minimum absolute atomic E-state index is 0.144. The maximum Gasteiger partial charge on any atom is 0.253 e. The highest BCUT2D eigenvalue weighted by molar-refractivity contribution is 6.30. The Bertz CT molecular complexity index is 801. The SMILES string of the molecule is Cn1cc(C(=O)NC2CCCOc3cc(Cl)ccc32)ccc1=O. The second kappa shape index (κ2) is 6.46. The van der Waals surface area contributed by atoms with Crippen molar-refractivity contribution in [1.29, 1.82) is 0 Å². The first kappa shape index (κ1) is 15.6. The Hall–Kier alpha value is -2.27. The van der Waals surface area contributed by atoms with E-state index in [0.717, 1.165) is 18.4 Å². The zero-order valence-corrected chi connectivity index (χ0v) is 13.5. The number of aromatic nitrogens is 1. The summed E-state index contributed by atoms with van der Waals surface area (Å²) in [5.74, 6) is 0.495. The summed E-state index contributed by atoms with van der Waals surface area (Å²) < 4.78 is 7.09. The zero-order chi connectivity index (χ0) is 16.4. The smallest absolute Gasteiger partial charge is 0.253 e. The Morgan fingerprint density at radius 1 is 1.35 bits per heavy atom. The van der Waals surface area contributed by atoms with Crippen LogP contribution in [0.15, 0.2) is 41.3 Å². The Morgan fingerprint density at radius 2 is 2.17 bits per heavy atom. The fraction of sp³-hybridized carbons (Fsp3) is 0.294. The van der Waals surface area contributed by atoms with Gasteiger partial charge in [0.2, 0.25) is 5.56 Å². The number of nitrogens with one attached hydrogen (secondary N) is 1. The lowest BCUT2D eigenvalue weighted by Gasteiger charge is -2.18. The summed E-state index contributed by atoms with van der Waals surface area (Å²) in [4.78, 5) is 23.9. The largest absolute Gasteiger partial charge is 0.493 e. The Labute approximate surface area is 138 Å². The maximum atomic E-state index is 12.5. The van der Waals surface area contributed by atoms with Gasteiger partial charge in [-0.1, -0.05) is 17.7 Å². The molecule has 0 spiro atoms. The normalized spacial score (nSPS) is 16.9. The Kier molecular flexibility index (Phi) is 4.39. The molecule has 1 unspecified atom stereocenters. The number of nitrogens with zero attached hydrogens (tertiary/aromatic N) is 1. The van der Waals surface area contributed by atoms with E-state index >= 15 is 0 Å². The lowest BCUT2D eigenvalue weighted by Crippen LogP contribution is -2.29. The van der Waals surface area contributed by atoms with Crippen molar-refractivity contribution in [2.45, 2.75) is 18.9 Å². The lowest BCUT2D eigenvalue weighted by molar-refractivity contribution is 0.0934. The third-order valence-electron chi connectivity index (χ3n) is 3.90. The molecule has 2 heterocycles. The Balaban J connectivity index is 1.86. The first-order chi connectivity index (χ1) is 11.0. The van der Waals surface area contributed by atoms with Crippen molar-refractivity contribution in [3.63, 3.8) is 0 Å². The number of amides is 1. The summed E-state index contributed by atoms with van der Waals surface area (Å²) in [5, 5.41) is 3.63. The topological polar surface area (TPSA) is 60.3 Å². The molecule has 0 radical (unpaired) electrons. The van der Waals surface area contributed by atoms with E-state index in [-0.39, 0.29) is 17.5 Å². The number of fused-ring (bicyclic) bond motifs is 1. The van der Waals surface area contributed by atoms with Crippen molar-refractivity contribution < 1.29 is 9.53 Å². The number of benzene rings is 1. The fourth-order valence-electron chi connectivity index (χ4n) is 2.67. The molecule has 3 rings (SSSR count). The van der Waals surface area contributed by atoms with E-state index in [1.165, 1.54) is 22.9 Å². The minimum atomic E-state index is -0.214.